The Labute approximate surface area is 209 Å². The normalized spacial score (nSPS) is 17.4. The molecule has 4 aromatic rings. The molecule has 1 fully saturated rings. The van der Waals surface area contributed by atoms with Crippen molar-refractivity contribution in [2.24, 2.45) is 5.92 Å². The number of nitrogens with one attached hydrogen (secondary N) is 1. The van der Waals surface area contributed by atoms with Gasteiger partial charge in [-0.05, 0) is 73.3 Å². The Hall–Kier alpha value is -3.45. The first-order valence-electron chi connectivity index (χ1n) is 12.0. The summed E-state index contributed by atoms with van der Waals surface area (Å²) in [5.74, 6) is 0.187. The van der Waals surface area contributed by atoms with Crippen molar-refractivity contribution in [2.75, 3.05) is 12.4 Å². The second kappa shape index (κ2) is 11.3. The van der Waals surface area contributed by atoms with Gasteiger partial charge in [0.05, 0.1) is 4.88 Å². The van der Waals surface area contributed by atoms with E-state index >= 15 is 0 Å². The van der Waals surface area contributed by atoms with Crippen LogP contribution >= 0.6 is 11.3 Å². The average Bonchev–Trinajstić information content (AvgIpc) is 3.44. The van der Waals surface area contributed by atoms with Crippen molar-refractivity contribution in [2.45, 2.75) is 44.9 Å². The first kappa shape index (κ1) is 24.7. The predicted molar refractivity (Wildman–Crippen MR) is 142 cm³/mol. The van der Waals surface area contributed by atoms with Crippen molar-refractivity contribution < 1.29 is 14.7 Å². The molecule has 0 bridgehead atoms. The van der Waals surface area contributed by atoms with Gasteiger partial charge in [-0.3, -0.25) is 14.0 Å². The Balaban J connectivity index is 0.000000271. The largest absolute Gasteiger partial charge is 0.481 e. The number of carbonyl (C=O) groups is 2. The Morgan fingerprint density at radius 1 is 1.14 bits per heavy atom. The highest BCUT2D eigenvalue weighted by Crippen LogP contribution is 2.38. The maximum Gasteiger partial charge on any atom is 0.303 e. The quantitative estimate of drug-likeness (QED) is 0.296. The number of rotatable bonds is 6. The fourth-order valence-electron chi connectivity index (χ4n) is 4.67. The molecule has 2 N–H and O–H groups in total. The molecule has 0 radical (unpaired) electrons. The SMILES string of the molecule is CNc1cccc(C)c1.O=Cc1cn2cc(-c3ccc(C4CCC(CC(=O)O)CC4)cc3)sc2n1. The molecular formula is C28H31N3O3S. The second-order valence-corrected chi connectivity index (χ2v) is 10.1. The number of hydrogen-bond acceptors (Lipinski definition) is 5. The third-order valence-corrected chi connectivity index (χ3v) is 7.62. The topological polar surface area (TPSA) is 83.7 Å². The Morgan fingerprint density at radius 2 is 1.89 bits per heavy atom. The van der Waals surface area contributed by atoms with Gasteiger partial charge in [-0.15, -0.1) is 0 Å². The number of carboxylic acids is 1. The minimum atomic E-state index is -0.680. The third-order valence-electron chi connectivity index (χ3n) is 6.58. The molecule has 2 aromatic carbocycles. The molecule has 1 saturated carbocycles. The summed E-state index contributed by atoms with van der Waals surface area (Å²) in [6, 6.07) is 17.0. The van der Waals surface area contributed by atoms with Gasteiger partial charge < -0.3 is 10.4 Å². The molecule has 1 aliphatic rings. The molecule has 2 aromatic heterocycles. The Bertz CT molecular complexity index is 1250. The van der Waals surface area contributed by atoms with E-state index in [1.807, 2.05) is 29.8 Å². The fraction of sp³-hybridized carbons (Fsp3) is 0.321. The number of imidazole rings is 1. The summed E-state index contributed by atoms with van der Waals surface area (Å²) in [6.45, 7) is 2.08. The molecule has 5 rings (SSSR count). The smallest absolute Gasteiger partial charge is 0.303 e. The average molecular weight is 490 g/mol. The molecule has 0 saturated heterocycles. The maximum atomic E-state index is 10.8. The molecule has 7 heteroatoms. The van der Waals surface area contributed by atoms with Crippen LogP contribution in [-0.4, -0.2) is 33.8 Å². The lowest BCUT2D eigenvalue weighted by atomic mass is 9.77. The van der Waals surface area contributed by atoms with Crippen molar-refractivity contribution in [1.29, 1.82) is 0 Å². The highest BCUT2D eigenvalue weighted by atomic mass is 32.1. The number of carbonyl (C=O) groups excluding carboxylic acids is 1. The zero-order chi connectivity index (χ0) is 24.8. The monoisotopic (exact) mass is 489 g/mol. The second-order valence-electron chi connectivity index (χ2n) is 9.13. The lowest BCUT2D eigenvalue weighted by molar-refractivity contribution is -0.138. The van der Waals surface area contributed by atoms with E-state index in [1.165, 1.54) is 16.8 Å². The Morgan fingerprint density at radius 3 is 2.46 bits per heavy atom. The van der Waals surface area contributed by atoms with Crippen molar-refractivity contribution >= 4 is 34.2 Å². The van der Waals surface area contributed by atoms with E-state index in [1.54, 1.807) is 17.5 Å². The summed E-state index contributed by atoms with van der Waals surface area (Å²) in [7, 11) is 1.93. The van der Waals surface area contributed by atoms with Crippen LogP contribution in [0.4, 0.5) is 5.69 Å². The minimum absolute atomic E-state index is 0.303. The first-order valence-corrected chi connectivity index (χ1v) is 12.8. The van der Waals surface area contributed by atoms with E-state index in [-0.39, 0.29) is 0 Å². The van der Waals surface area contributed by atoms with Gasteiger partial charge in [0.25, 0.3) is 0 Å². The van der Waals surface area contributed by atoms with Gasteiger partial charge in [-0.25, -0.2) is 4.98 Å². The van der Waals surface area contributed by atoms with E-state index in [9.17, 15) is 9.59 Å². The summed E-state index contributed by atoms with van der Waals surface area (Å²) in [4.78, 5) is 27.9. The number of thiazole rings is 1. The van der Waals surface area contributed by atoms with Crippen LogP contribution in [0.1, 0.15) is 59.6 Å². The van der Waals surface area contributed by atoms with Gasteiger partial charge >= 0.3 is 5.97 Å². The number of aliphatic carboxylic acids is 1. The van der Waals surface area contributed by atoms with Crippen molar-refractivity contribution in [3.05, 3.63) is 77.7 Å². The van der Waals surface area contributed by atoms with E-state index < -0.39 is 5.97 Å². The predicted octanol–water partition coefficient (Wildman–Crippen LogP) is 6.66. The summed E-state index contributed by atoms with van der Waals surface area (Å²) in [6.07, 6.45) is 8.95. The van der Waals surface area contributed by atoms with Crippen LogP contribution in [0.25, 0.3) is 15.4 Å². The summed E-state index contributed by atoms with van der Waals surface area (Å²) < 4.78 is 1.89. The van der Waals surface area contributed by atoms with Gasteiger partial charge in [-0.2, -0.15) is 0 Å². The molecular weight excluding hydrogens is 458 g/mol. The van der Waals surface area contributed by atoms with Crippen LogP contribution in [0.15, 0.2) is 60.9 Å². The number of hydrogen-bond donors (Lipinski definition) is 2. The first-order chi connectivity index (χ1) is 16.9. The fourth-order valence-corrected chi connectivity index (χ4v) is 5.65. The molecule has 0 spiro atoms. The number of carboxylic acid groups (broad SMARTS) is 1. The summed E-state index contributed by atoms with van der Waals surface area (Å²) >= 11 is 1.57. The highest BCUT2D eigenvalue weighted by molar-refractivity contribution is 7.20. The molecule has 2 heterocycles. The highest BCUT2D eigenvalue weighted by Gasteiger charge is 2.24. The number of anilines is 1. The standard InChI is InChI=1S/C20H20N2O3S.C8H11N/c23-12-17-10-22-11-18(26-20(22)21-17)16-7-5-15(6-8-16)14-3-1-13(2-4-14)9-19(24)25;1-7-4-3-5-8(6-7)9-2/h5-8,10-14H,1-4,9H2,(H,24,25);3-6,9H,1-2H3. The zero-order valence-corrected chi connectivity index (χ0v) is 20.9. The molecule has 0 atom stereocenters. The van der Waals surface area contributed by atoms with Crippen LogP contribution < -0.4 is 5.32 Å². The summed E-state index contributed by atoms with van der Waals surface area (Å²) in [5, 5.41) is 12.0. The minimum Gasteiger partial charge on any atom is -0.481 e. The molecule has 0 aliphatic heterocycles. The molecule has 1 aliphatic carbocycles. The number of fused-ring (bicyclic) bond motifs is 1. The van der Waals surface area contributed by atoms with E-state index in [2.05, 4.69) is 53.6 Å². The van der Waals surface area contributed by atoms with Crippen LogP contribution in [0, 0.1) is 12.8 Å². The van der Waals surface area contributed by atoms with Gasteiger partial charge in [0.15, 0.2) is 11.2 Å². The number of benzene rings is 2. The molecule has 6 nitrogen and oxygen atoms in total. The van der Waals surface area contributed by atoms with Gasteiger partial charge in [0.2, 0.25) is 0 Å². The molecule has 0 unspecified atom stereocenters. The molecule has 182 valence electrons. The van der Waals surface area contributed by atoms with E-state index in [0.717, 1.165) is 47.4 Å². The number of aromatic nitrogens is 2. The van der Waals surface area contributed by atoms with E-state index in [4.69, 9.17) is 5.11 Å². The maximum absolute atomic E-state index is 10.8. The molecule has 0 amide bonds. The van der Waals surface area contributed by atoms with Gasteiger partial charge in [-0.1, -0.05) is 47.7 Å². The van der Waals surface area contributed by atoms with Crippen LogP contribution in [0.3, 0.4) is 0 Å². The van der Waals surface area contributed by atoms with Crippen molar-refractivity contribution in [3.8, 4) is 10.4 Å². The van der Waals surface area contributed by atoms with Crippen LogP contribution in [-0.2, 0) is 4.79 Å². The van der Waals surface area contributed by atoms with Crippen LogP contribution in [0.2, 0.25) is 0 Å². The van der Waals surface area contributed by atoms with Crippen molar-refractivity contribution in [1.82, 2.24) is 9.38 Å². The lowest BCUT2D eigenvalue weighted by Crippen LogP contribution is -2.16. The van der Waals surface area contributed by atoms with Crippen molar-refractivity contribution in [3.63, 3.8) is 0 Å². The number of nitrogens with zero attached hydrogens (tertiary/aromatic N) is 2. The summed E-state index contributed by atoms with van der Waals surface area (Å²) in [5.41, 5.74) is 5.41. The third kappa shape index (κ3) is 6.36. The Kier molecular flexibility index (Phi) is 7.98. The van der Waals surface area contributed by atoms with E-state index in [0.29, 0.717) is 24.0 Å². The number of aldehydes is 1. The number of aryl methyl sites for hydroxylation is 1. The van der Waals surface area contributed by atoms with Crippen LogP contribution in [0.5, 0.6) is 0 Å². The molecule has 35 heavy (non-hydrogen) atoms. The van der Waals surface area contributed by atoms with Gasteiger partial charge in [0.1, 0.15) is 5.69 Å². The zero-order valence-electron chi connectivity index (χ0n) is 20.1. The van der Waals surface area contributed by atoms with Gasteiger partial charge in [0, 0.05) is 31.5 Å². The lowest BCUT2D eigenvalue weighted by Gasteiger charge is -2.28.